The van der Waals surface area contributed by atoms with Gasteiger partial charge in [-0.1, -0.05) is 41.9 Å². The zero-order chi connectivity index (χ0) is 26.9. The van der Waals surface area contributed by atoms with Crippen LogP contribution >= 0.6 is 11.6 Å². The smallest absolute Gasteiger partial charge is 0.248 e. The average molecular weight is 545 g/mol. The molecule has 5 nitrogen and oxygen atoms in total. The van der Waals surface area contributed by atoms with E-state index in [1.807, 2.05) is 36.4 Å². The van der Waals surface area contributed by atoms with E-state index >= 15 is 0 Å². The number of hydrogen-bond donors (Lipinski definition) is 2. The third-order valence-corrected chi connectivity index (χ3v) is 6.49. The van der Waals surface area contributed by atoms with Gasteiger partial charge < -0.3 is 20.1 Å². The third kappa shape index (κ3) is 7.30. The van der Waals surface area contributed by atoms with Gasteiger partial charge >= 0.3 is 0 Å². The number of benzene rings is 3. The van der Waals surface area contributed by atoms with Crippen LogP contribution in [0, 0.1) is 17.5 Å². The Hall–Kier alpha value is -3.49. The number of aryl methyl sites for hydroxylation is 1. The standard InChI is InChI=1S/C29H28ClF3N2O3/c30-25-6-2-1-4-20(25)5-3-12-35-29(36)24-18-34-13-11-23(24)19-7-9-22(10-8-19)37-14-15-38-28-26(32)16-21(31)17-27(28)33/h1-2,4,6-10,16-17,34H,3,5,11-15,18H2,(H,35,36). The van der Waals surface area contributed by atoms with E-state index in [4.69, 9.17) is 21.1 Å². The van der Waals surface area contributed by atoms with Gasteiger partial charge in [-0.3, -0.25) is 4.79 Å². The Morgan fingerprint density at radius 3 is 2.42 bits per heavy atom. The van der Waals surface area contributed by atoms with Gasteiger partial charge in [0.25, 0.3) is 0 Å². The fourth-order valence-corrected chi connectivity index (χ4v) is 4.46. The van der Waals surface area contributed by atoms with E-state index in [9.17, 15) is 18.0 Å². The summed E-state index contributed by atoms with van der Waals surface area (Å²) in [5, 5.41) is 7.01. The zero-order valence-corrected chi connectivity index (χ0v) is 21.4. The molecule has 0 saturated heterocycles. The molecule has 9 heteroatoms. The maximum Gasteiger partial charge on any atom is 0.248 e. The van der Waals surface area contributed by atoms with Crippen LogP contribution in [0.15, 0.2) is 66.2 Å². The van der Waals surface area contributed by atoms with Crippen molar-refractivity contribution in [1.29, 1.82) is 0 Å². The Morgan fingerprint density at radius 2 is 1.68 bits per heavy atom. The molecule has 0 bridgehead atoms. The first kappa shape index (κ1) is 27.5. The van der Waals surface area contributed by atoms with Crippen molar-refractivity contribution in [1.82, 2.24) is 10.6 Å². The van der Waals surface area contributed by atoms with Crippen LogP contribution in [0.3, 0.4) is 0 Å². The highest BCUT2D eigenvalue weighted by atomic mass is 35.5. The summed E-state index contributed by atoms with van der Waals surface area (Å²) in [4.78, 5) is 12.9. The molecule has 0 aliphatic carbocycles. The van der Waals surface area contributed by atoms with Crippen molar-refractivity contribution >= 4 is 23.1 Å². The van der Waals surface area contributed by atoms with Crippen LogP contribution in [0.5, 0.6) is 11.5 Å². The van der Waals surface area contributed by atoms with E-state index in [1.54, 1.807) is 12.1 Å². The minimum absolute atomic E-state index is 0.0318. The second kappa shape index (κ2) is 13.3. The summed E-state index contributed by atoms with van der Waals surface area (Å²) >= 11 is 6.21. The second-order valence-corrected chi connectivity index (χ2v) is 9.16. The number of hydrogen-bond acceptors (Lipinski definition) is 4. The molecule has 3 aromatic carbocycles. The normalized spacial score (nSPS) is 13.4. The first-order chi connectivity index (χ1) is 18.4. The van der Waals surface area contributed by atoms with Gasteiger partial charge in [-0.05, 0) is 60.7 Å². The van der Waals surface area contributed by atoms with Crippen molar-refractivity contribution in [3.05, 3.63) is 99.8 Å². The van der Waals surface area contributed by atoms with Gasteiger partial charge in [-0.25, -0.2) is 13.2 Å². The lowest BCUT2D eigenvalue weighted by atomic mass is 9.93. The van der Waals surface area contributed by atoms with E-state index < -0.39 is 23.2 Å². The van der Waals surface area contributed by atoms with Crippen molar-refractivity contribution in [2.24, 2.45) is 0 Å². The number of carbonyl (C=O) groups excluding carboxylic acids is 1. The molecule has 0 unspecified atom stereocenters. The Labute approximate surface area is 224 Å². The Balaban J connectivity index is 1.29. The van der Waals surface area contributed by atoms with Crippen molar-refractivity contribution in [2.75, 3.05) is 32.8 Å². The number of carbonyl (C=O) groups is 1. The Bertz CT molecular complexity index is 1280. The molecule has 4 rings (SSSR count). The quantitative estimate of drug-likeness (QED) is 0.304. The molecule has 0 fully saturated rings. The fraction of sp³-hybridized carbons (Fsp3) is 0.276. The van der Waals surface area contributed by atoms with E-state index in [1.165, 1.54) is 0 Å². The summed E-state index contributed by atoms with van der Waals surface area (Å²) in [6.07, 6.45) is 2.28. The predicted molar refractivity (Wildman–Crippen MR) is 141 cm³/mol. The summed E-state index contributed by atoms with van der Waals surface area (Å²) in [6, 6.07) is 16.1. The van der Waals surface area contributed by atoms with Gasteiger partial charge in [0.05, 0.1) is 0 Å². The maximum absolute atomic E-state index is 13.7. The lowest BCUT2D eigenvalue weighted by Crippen LogP contribution is -2.35. The minimum Gasteiger partial charge on any atom is -0.490 e. The molecule has 0 atom stereocenters. The number of ether oxygens (including phenoxy) is 2. The van der Waals surface area contributed by atoms with Gasteiger partial charge in [0.15, 0.2) is 17.4 Å². The highest BCUT2D eigenvalue weighted by Crippen LogP contribution is 2.27. The van der Waals surface area contributed by atoms with Crippen molar-refractivity contribution in [2.45, 2.75) is 19.3 Å². The first-order valence-corrected chi connectivity index (χ1v) is 12.7. The van der Waals surface area contributed by atoms with Gasteiger partial charge in [0, 0.05) is 35.8 Å². The lowest BCUT2D eigenvalue weighted by molar-refractivity contribution is -0.117. The fourth-order valence-electron chi connectivity index (χ4n) is 4.23. The summed E-state index contributed by atoms with van der Waals surface area (Å²) in [7, 11) is 0. The minimum atomic E-state index is -1.11. The van der Waals surface area contributed by atoms with Crippen LogP contribution in [0.1, 0.15) is 24.0 Å². The van der Waals surface area contributed by atoms with Crippen LogP contribution in [-0.2, 0) is 11.2 Å². The molecule has 1 amide bonds. The van der Waals surface area contributed by atoms with Gasteiger partial charge in [0.2, 0.25) is 5.91 Å². The summed E-state index contributed by atoms with van der Waals surface area (Å²) in [5.74, 6) is -3.42. The van der Waals surface area contributed by atoms with Crippen LogP contribution in [0.25, 0.3) is 5.57 Å². The van der Waals surface area contributed by atoms with Crippen molar-refractivity contribution in [3.63, 3.8) is 0 Å². The molecule has 1 aliphatic heterocycles. The van der Waals surface area contributed by atoms with Gasteiger partial charge in [0.1, 0.15) is 24.8 Å². The van der Waals surface area contributed by atoms with Crippen LogP contribution in [-0.4, -0.2) is 38.8 Å². The highest BCUT2D eigenvalue weighted by Gasteiger charge is 2.20. The largest absolute Gasteiger partial charge is 0.490 e. The molecule has 2 N–H and O–H groups in total. The lowest BCUT2D eigenvalue weighted by Gasteiger charge is -2.21. The van der Waals surface area contributed by atoms with Crippen LogP contribution < -0.4 is 20.1 Å². The van der Waals surface area contributed by atoms with Crippen LogP contribution in [0.4, 0.5) is 13.2 Å². The molecular weight excluding hydrogens is 517 g/mol. The van der Waals surface area contributed by atoms with Crippen molar-refractivity contribution in [3.8, 4) is 11.5 Å². The number of amides is 1. The molecule has 1 aliphatic rings. The summed E-state index contributed by atoms with van der Waals surface area (Å²) < 4.78 is 51.0. The number of rotatable bonds is 11. The molecule has 0 spiro atoms. The Kier molecular flexibility index (Phi) is 9.67. The first-order valence-electron chi connectivity index (χ1n) is 12.4. The molecule has 0 aromatic heterocycles. The molecule has 38 heavy (non-hydrogen) atoms. The number of nitrogens with one attached hydrogen (secondary N) is 2. The summed E-state index contributed by atoms with van der Waals surface area (Å²) in [5.41, 5.74) is 3.67. The van der Waals surface area contributed by atoms with Crippen LogP contribution in [0.2, 0.25) is 5.02 Å². The monoisotopic (exact) mass is 544 g/mol. The molecule has 0 radical (unpaired) electrons. The zero-order valence-electron chi connectivity index (χ0n) is 20.7. The van der Waals surface area contributed by atoms with E-state index in [0.717, 1.165) is 41.1 Å². The topological polar surface area (TPSA) is 59.6 Å². The molecular formula is C29H28ClF3N2O3. The molecule has 3 aromatic rings. The summed E-state index contributed by atoms with van der Waals surface area (Å²) in [6.45, 7) is 1.70. The van der Waals surface area contributed by atoms with E-state index in [2.05, 4.69) is 10.6 Å². The molecule has 0 saturated carbocycles. The van der Waals surface area contributed by atoms with E-state index in [-0.39, 0.29) is 19.1 Å². The van der Waals surface area contributed by atoms with Gasteiger partial charge in [-0.2, -0.15) is 0 Å². The molecule has 200 valence electrons. The third-order valence-electron chi connectivity index (χ3n) is 6.12. The van der Waals surface area contributed by atoms with E-state index in [0.29, 0.717) is 43.0 Å². The van der Waals surface area contributed by atoms with Crippen molar-refractivity contribution < 1.29 is 27.4 Å². The second-order valence-electron chi connectivity index (χ2n) is 8.75. The van der Waals surface area contributed by atoms with Gasteiger partial charge in [-0.15, -0.1) is 0 Å². The maximum atomic E-state index is 13.7. The predicted octanol–water partition coefficient (Wildman–Crippen LogP) is 5.71. The number of halogens is 4. The molecule has 1 heterocycles. The average Bonchev–Trinajstić information content (AvgIpc) is 2.91. The SMILES string of the molecule is O=C(NCCCc1ccccc1Cl)C1=C(c2ccc(OCCOc3c(F)cc(F)cc3F)cc2)CCNC1. The Morgan fingerprint density at radius 1 is 0.974 bits per heavy atom. The highest BCUT2D eigenvalue weighted by molar-refractivity contribution is 6.31.